The van der Waals surface area contributed by atoms with E-state index in [0.717, 1.165) is 0 Å². The van der Waals surface area contributed by atoms with Gasteiger partial charge in [0.25, 0.3) is 5.91 Å². The number of imidazole rings is 1. The molecule has 0 saturated carbocycles. The zero-order chi connectivity index (χ0) is 13.8. The summed E-state index contributed by atoms with van der Waals surface area (Å²) in [5, 5.41) is 2.69. The van der Waals surface area contributed by atoms with E-state index in [1.165, 1.54) is 7.11 Å². The second-order valence-electron chi connectivity index (χ2n) is 3.95. The minimum atomic E-state index is -0.414. The van der Waals surface area contributed by atoms with E-state index in [9.17, 15) is 9.59 Å². The molecule has 0 bridgehead atoms. The van der Waals surface area contributed by atoms with Gasteiger partial charge in [-0.15, -0.1) is 0 Å². The third-order valence-corrected chi connectivity index (χ3v) is 2.50. The van der Waals surface area contributed by atoms with E-state index in [1.807, 2.05) is 0 Å². The summed E-state index contributed by atoms with van der Waals surface area (Å²) >= 11 is 0. The van der Waals surface area contributed by atoms with E-state index in [0.29, 0.717) is 16.9 Å². The van der Waals surface area contributed by atoms with E-state index in [4.69, 9.17) is 0 Å². The Morgan fingerprint density at radius 2 is 1.95 bits per heavy atom. The molecule has 0 aliphatic rings. The highest BCUT2D eigenvalue weighted by atomic mass is 16.5. The van der Waals surface area contributed by atoms with Crippen LogP contribution >= 0.6 is 0 Å². The van der Waals surface area contributed by atoms with Crippen molar-refractivity contribution in [2.24, 2.45) is 7.05 Å². The third-order valence-electron chi connectivity index (χ3n) is 2.50. The van der Waals surface area contributed by atoms with Gasteiger partial charge in [0.15, 0.2) is 0 Å². The quantitative estimate of drug-likeness (QED) is 0.847. The first-order valence-electron chi connectivity index (χ1n) is 5.58. The number of nitrogens with zero attached hydrogens (tertiary/aromatic N) is 2. The van der Waals surface area contributed by atoms with E-state index >= 15 is 0 Å². The van der Waals surface area contributed by atoms with Crippen molar-refractivity contribution in [1.82, 2.24) is 9.55 Å². The summed E-state index contributed by atoms with van der Waals surface area (Å²) in [6.45, 7) is 0. The fraction of sp³-hybridized carbons (Fsp3) is 0.154. The first kappa shape index (κ1) is 12.8. The van der Waals surface area contributed by atoms with Crippen LogP contribution < -0.4 is 5.32 Å². The van der Waals surface area contributed by atoms with Crippen LogP contribution in [0.3, 0.4) is 0 Å². The lowest BCUT2D eigenvalue weighted by atomic mass is 10.2. The molecule has 1 aromatic carbocycles. The topological polar surface area (TPSA) is 73.2 Å². The van der Waals surface area contributed by atoms with Gasteiger partial charge in [-0.3, -0.25) is 4.79 Å². The highest BCUT2D eigenvalue weighted by molar-refractivity contribution is 6.03. The summed E-state index contributed by atoms with van der Waals surface area (Å²) in [6.07, 6.45) is 3.17. The Labute approximate surface area is 110 Å². The Balaban J connectivity index is 2.07. The smallest absolute Gasteiger partial charge is 0.337 e. The van der Waals surface area contributed by atoms with Crippen molar-refractivity contribution in [3.63, 3.8) is 0 Å². The van der Waals surface area contributed by atoms with Gasteiger partial charge in [0, 0.05) is 18.9 Å². The Hall–Kier alpha value is -2.63. The number of amides is 1. The standard InChI is InChI=1S/C13H13N3O3/c1-16-7-11(14-8-16)12(17)15-10-5-3-9(4-6-10)13(18)19-2/h3-8H,1-2H3,(H,15,17). The maximum absolute atomic E-state index is 11.8. The van der Waals surface area contributed by atoms with Crippen LogP contribution in [0.15, 0.2) is 36.8 Å². The fourth-order valence-electron chi connectivity index (χ4n) is 1.53. The van der Waals surface area contributed by atoms with Crippen LogP contribution in [0.5, 0.6) is 0 Å². The predicted octanol–water partition coefficient (Wildman–Crippen LogP) is 1.46. The summed E-state index contributed by atoms with van der Waals surface area (Å²) in [5.74, 6) is -0.714. The monoisotopic (exact) mass is 259 g/mol. The van der Waals surface area contributed by atoms with Gasteiger partial charge >= 0.3 is 5.97 Å². The highest BCUT2D eigenvalue weighted by Gasteiger charge is 2.09. The van der Waals surface area contributed by atoms with Crippen LogP contribution in [0.2, 0.25) is 0 Å². The molecule has 0 spiro atoms. The normalized spacial score (nSPS) is 10.0. The van der Waals surface area contributed by atoms with E-state index in [-0.39, 0.29) is 5.91 Å². The number of aromatic nitrogens is 2. The number of carbonyl (C=O) groups is 2. The molecule has 6 heteroatoms. The number of hydrogen-bond donors (Lipinski definition) is 1. The molecule has 1 N–H and O–H groups in total. The fourth-order valence-corrected chi connectivity index (χ4v) is 1.53. The largest absolute Gasteiger partial charge is 0.465 e. The molecule has 0 aliphatic carbocycles. The number of carbonyl (C=O) groups excluding carboxylic acids is 2. The summed E-state index contributed by atoms with van der Waals surface area (Å²) < 4.78 is 6.28. The van der Waals surface area contributed by atoms with Crippen molar-refractivity contribution in [2.45, 2.75) is 0 Å². The number of nitrogens with one attached hydrogen (secondary N) is 1. The molecule has 0 aliphatic heterocycles. The molecule has 1 aromatic heterocycles. The number of ether oxygens (including phenoxy) is 1. The van der Waals surface area contributed by atoms with Gasteiger partial charge in [0.05, 0.1) is 19.0 Å². The third kappa shape index (κ3) is 2.98. The maximum Gasteiger partial charge on any atom is 0.337 e. The predicted molar refractivity (Wildman–Crippen MR) is 68.9 cm³/mol. The summed E-state index contributed by atoms with van der Waals surface area (Å²) in [4.78, 5) is 27.0. The van der Waals surface area contributed by atoms with Gasteiger partial charge in [0.1, 0.15) is 5.69 Å². The molecule has 0 unspecified atom stereocenters. The first-order valence-corrected chi connectivity index (χ1v) is 5.58. The van der Waals surface area contributed by atoms with Gasteiger partial charge in [-0.25, -0.2) is 9.78 Å². The SMILES string of the molecule is COC(=O)c1ccc(NC(=O)c2cn(C)cn2)cc1. The Morgan fingerprint density at radius 1 is 1.26 bits per heavy atom. The number of aryl methyl sites for hydroxylation is 1. The number of benzene rings is 1. The van der Waals surface area contributed by atoms with Crippen molar-refractivity contribution < 1.29 is 14.3 Å². The van der Waals surface area contributed by atoms with Crippen molar-refractivity contribution in [3.8, 4) is 0 Å². The molecule has 2 aromatic rings. The van der Waals surface area contributed by atoms with Crippen LogP contribution in [0.4, 0.5) is 5.69 Å². The van der Waals surface area contributed by atoms with Crippen molar-refractivity contribution in [1.29, 1.82) is 0 Å². The van der Waals surface area contributed by atoms with Crippen LogP contribution in [-0.4, -0.2) is 28.5 Å². The van der Waals surface area contributed by atoms with Gasteiger partial charge in [-0.05, 0) is 24.3 Å². The molecule has 0 atom stereocenters. The zero-order valence-electron chi connectivity index (χ0n) is 10.6. The van der Waals surface area contributed by atoms with E-state index in [2.05, 4.69) is 15.0 Å². The summed E-state index contributed by atoms with van der Waals surface area (Å²) in [5.41, 5.74) is 1.35. The summed E-state index contributed by atoms with van der Waals surface area (Å²) in [6, 6.07) is 6.43. The van der Waals surface area contributed by atoms with E-state index < -0.39 is 5.97 Å². The number of methoxy groups -OCH3 is 1. The lowest BCUT2D eigenvalue weighted by Crippen LogP contribution is -2.12. The van der Waals surface area contributed by atoms with Crippen LogP contribution in [-0.2, 0) is 11.8 Å². The van der Waals surface area contributed by atoms with Gasteiger partial charge < -0.3 is 14.6 Å². The second-order valence-corrected chi connectivity index (χ2v) is 3.95. The minimum absolute atomic E-state index is 0.300. The average Bonchev–Trinajstić information content (AvgIpc) is 2.85. The number of esters is 1. The van der Waals surface area contributed by atoms with Crippen LogP contribution in [0.25, 0.3) is 0 Å². The second kappa shape index (κ2) is 5.34. The molecule has 0 saturated heterocycles. The molecular weight excluding hydrogens is 246 g/mol. The van der Waals surface area contributed by atoms with Gasteiger partial charge in [-0.1, -0.05) is 0 Å². The van der Waals surface area contributed by atoms with Crippen molar-refractivity contribution in [2.75, 3.05) is 12.4 Å². The number of anilines is 1. The maximum atomic E-state index is 11.8. The first-order chi connectivity index (χ1) is 9.10. The molecule has 98 valence electrons. The number of hydrogen-bond acceptors (Lipinski definition) is 4. The minimum Gasteiger partial charge on any atom is -0.465 e. The van der Waals surface area contributed by atoms with Crippen molar-refractivity contribution in [3.05, 3.63) is 48.0 Å². The molecule has 0 fully saturated rings. The lowest BCUT2D eigenvalue weighted by Gasteiger charge is -2.04. The lowest BCUT2D eigenvalue weighted by molar-refractivity contribution is 0.0600. The highest BCUT2D eigenvalue weighted by Crippen LogP contribution is 2.11. The average molecular weight is 259 g/mol. The molecule has 19 heavy (non-hydrogen) atoms. The molecular formula is C13H13N3O3. The van der Waals surface area contributed by atoms with Crippen LogP contribution in [0, 0.1) is 0 Å². The Kier molecular flexibility index (Phi) is 3.61. The van der Waals surface area contributed by atoms with Crippen LogP contribution in [0.1, 0.15) is 20.8 Å². The Morgan fingerprint density at radius 3 is 2.47 bits per heavy atom. The molecule has 6 nitrogen and oxygen atoms in total. The summed E-state index contributed by atoms with van der Waals surface area (Å²) in [7, 11) is 3.11. The molecule has 1 heterocycles. The van der Waals surface area contributed by atoms with Gasteiger partial charge in [0.2, 0.25) is 0 Å². The molecule has 2 rings (SSSR count). The van der Waals surface area contributed by atoms with E-state index in [1.54, 1.807) is 48.4 Å². The van der Waals surface area contributed by atoms with Gasteiger partial charge in [-0.2, -0.15) is 0 Å². The Bertz CT molecular complexity index is 602. The number of rotatable bonds is 3. The molecule has 1 amide bonds. The molecule has 0 radical (unpaired) electrons. The zero-order valence-corrected chi connectivity index (χ0v) is 10.6. The van der Waals surface area contributed by atoms with Crippen molar-refractivity contribution >= 4 is 17.6 Å².